The quantitative estimate of drug-likeness (QED) is 0.886. The topological polar surface area (TPSA) is 69.6 Å². The first-order valence-electron chi connectivity index (χ1n) is 6.54. The second-order valence-electron chi connectivity index (χ2n) is 4.98. The Balaban J connectivity index is 1.89. The van der Waals surface area contributed by atoms with Gasteiger partial charge in [-0.25, -0.2) is 0 Å². The highest BCUT2D eigenvalue weighted by molar-refractivity contribution is 6.08. The van der Waals surface area contributed by atoms with E-state index < -0.39 is 0 Å². The molecule has 0 unspecified atom stereocenters. The number of carbonyl (C=O) groups is 2. The summed E-state index contributed by atoms with van der Waals surface area (Å²) in [6.07, 6.45) is 0.353. The molecule has 106 valence electrons. The number of rotatable bonds is 2. The number of aromatic hydroxyl groups is 1. The van der Waals surface area contributed by atoms with Crippen molar-refractivity contribution >= 4 is 23.2 Å². The van der Waals surface area contributed by atoms with E-state index in [2.05, 4.69) is 5.32 Å². The van der Waals surface area contributed by atoms with E-state index in [-0.39, 0.29) is 17.6 Å². The summed E-state index contributed by atoms with van der Waals surface area (Å²) in [7, 11) is 1.64. The predicted octanol–water partition coefficient (Wildman–Crippen LogP) is 2.16. The molecule has 1 aliphatic rings. The molecule has 0 saturated carbocycles. The van der Waals surface area contributed by atoms with Crippen molar-refractivity contribution in [1.82, 2.24) is 0 Å². The van der Waals surface area contributed by atoms with Gasteiger partial charge in [0.05, 0.1) is 6.42 Å². The van der Waals surface area contributed by atoms with Gasteiger partial charge in [-0.1, -0.05) is 12.1 Å². The van der Waals surface area contributed by atoms with E-state index >= 15 is 0 Å². The molecule has 0 aliphatic carbocycles. The lowest BCUT2D eigenvalue weighted by atomic mass is 10.1. The van der Waals surface area contributed by atoms with Crippen molar-refractivity contribution in [3.63, 3.8) is 0 Å². The summed E-state index contributed by atoms with van der Waals surface area (Å²) in [6.45, 7) is 0. The number of phenolic OH excluding ortho intramolecular Hbond substituents is 1. The predicted molar refractivity (Wildman–Crippen MR) is 79.6 cm³/mol. The summed E-state index contributed by atoms with van der Waals surface area (Å²) in [5.74, 6) is -0.158. The molecule has 5 heteroatoms. The normalized spacial score (nSPS) is 12.7. The van der Waals surface area contributed by atoms with Gasteiger partial charge in [-0.3, -0.25) is 9.59 Å². The zero-order valence-electron chi connectivity index (χ0n) is 11.5. The minimum absolute atomic E-state index is 0.0593. The van der Waals surface area contributed by atoms with Crippen molar-refractivity contribution in [1.29, 1.82) is 0 Å². The Morgan fingerprint density at radius 2 is 2.05 bits per heavy atom. The van der Waals surface area contributed by atoms with E-state index in [1.54, 1.807) is 43.4 Å². The van der Waals surface area contributed by atoms with Gasteiger partial charge in [0, 0.05) is 30.1 Å². The van der Waals surface area contributed by atoms with Crippen LogP contribution in [0.5, 0.6) is 5.75 Å². The van der Waals surface area contributed by atoms with Crippen LogP contribution in [-0.2, 0) is 11.2 Å². The molecule has 21 heavy (non-hydrogen) atoms. The summed E-state index contributed by atoms with van der Waals surface area (Å²) in [5, 5.41) is 12.2. The van der Waals surface area contributed by atoms with E-state index in [4.69, 9.17) is 0 Å². The van der Waals surface area contributed by atoms with Crippen molar-refractivity contribution in [2.75, 3.05) is 17.3 Å². The van der Waals surface area contributed by atoms with E-state index in [1.807, 2.05) is 0 Å². The van der Waals surface area contributed by atoms with Crippen LogP contribution in [0.2, 0.25) is 0 Å². The maximum atomic E-state index is 12.5. The summed E-state index contributed by atoms with van der Waals surface area (Å²) >= 11 is 0. The number of benzene rings is 2. The standard InChI is InChI=1S/C16H14N2O3/c1-18(12-3-2-4-13(19)9-12)16(21)11-6-5-10-8-15(20)17-14(10)7-11/h2-7,9,19H,8H2,1H3,(H,17,20). The van der Waals surface area contributed by atoms with Crippen molar-refractivity contribution in [3.8, 4) is 5.75 Å². The van der Waals surface area contributed by atoms with Crippen LogP contribution in [0.1, 0.15) is 15.9 Å². The molecule has 1 heterocycles. The number of hydrogen-bond donors (Lipinski definition) is 2. The molecule has 2 aromatic rings. The number of nitrogens with one attached hydrogen (secondary N) is 1. The molecule has 0 spiro atoms. The summed E-state index contributed by atoms with van der Waals surface area (Å²) in [5.41, 5.74) is 2.68. The number of fused-ring (bicyclic) bond motifs is 1. The first-order chi connectivity index (χ1) is 10.0. The zero-order chi connectivity index (χ0) is 15.0. The van der Waals surface area contributed by atoms with Gasteiger partial charge < -0.3 is 15.3 Å². The number of nitrogens with zero attached hydrogens (tertiary/aromatic N) is 1. The van der Waals surface area contributed by atoms with Crippen molar-refractivity contribution < 1.29 is 14.7 Å². The molecule has 5 nitrogen and oxygen atoms in total. The highest BCUT2D eigenvalue weighted by atomic mass is 16.3. The van der Waals surface area contributed by atoms with E-state index in [1.165, 1.54) is 11.0 Å². The number of hydrogen-bond acceptors (Lipinski definition) is 3. The molecular weight excluding hydrogens is 268 g/mol. The van der Waals surface area contributed by atoms with Crippen molar-refractivity contribution in [2.45, 2.75) is 6.42 Å². The third-order valence-corrected chi connectivity index (χ3v) is 3.50. The van der Waals surface area contributed by atoms with Crippen LogP contribution < -0.4 is 10.2 Å². The number of amides is 2. The SMILES string of the molecule is CN(C(=O)c1ccc2c(c1)NC(=O)C2)c1cccc(O)c1. The number of phenols is 1. The molecule has 2 amide bonds. The van der Waals surface area contributed by atoms with Gasteiger partial charge in [0.2, 0.25) is 5.91 Å². The van der Waals surface area contributed by atoms with Gasteiger partial charge in [0.1, 0.15) is 5.75 Å². The Hall–Kier alpha value is -2.82. The Morgan fingerprint density at radius 3 is 2.81 bits per heavy atom. The Kier molecular flexibility index (Phi) is 3.10. The van der Waals surface area contributed by atoms with Crippen LogP contribution >= 0.6 is 0 Å². The highest BCUT2D eigenvalue weighted by Crippen LogP contribution is 2.26. The fourth-order valence-corrected chi connectivity index (χ4v) is 2.36. The zero-order valence-corrected chi connectivity index (χ0v) is 11.5. The number of anilines is 2. The van der Waals surface area contributed by atoms with Crippen LogP contribution in [0.4, 0.5) is 11.4 Å². The van der Waals surface area contributed by atoms with Gasteiger partial charge in [0.15, 0.2) is 0 Å². The second kappa shape index (κ2) is 4.94. The third-order valence-electron chi connectivity index (χ3n) is 3.50. The Morgan fingerprint density at radius 1 is 1.24 bits per heavy atom. The van der Waals surface area contributed by atoms with Crippen LogP contribution in [0.15, 0.2) is 42.5 Å². The summed E-state index contributed by atoms with van der Waals surface area (Å²) < 4.78 is 0. The van der Waals surface area contributed by atoms with Gasteiger partial charge >= 0.3 is 0 Å². The van der Waals surface area contributed by atoms with E-state index in [0.717, 1.165) is 5.56 Å². The molecule has 0 bridgehead atoms. The molecule has 0 atom stereocenters. The monoisotopic (exact) mass is 282 g/mol. The molecule has 2 N–H and O–H groups in total. The maximum absolute atomic E-state index is 12.5. The van der Waals surface area contributed by atoms with E-state index in [0.29, 0.717) is 23.4 Å². The second-order valence-corrected chi connectivity index (χ2v) is 4.98. The molecule has 0 fully saturated rings. The van der Waals surface area contributed by atoms with Gasteiger partial charge in [-0.2, -0.15) is 0 Å². The largest absolute Gasteiger partial charge is 0.508 e. The minimum Gasteiger partial charge on any atom is -0.508 e. The third kappa shape index (κ3) is 2.45. The van der Waals surface area contributed by atoms with Gasteiger partial charge in [-0.15, -0.1) is 0 Å². The molecule has 0 radical (unpaired) electrons. The molecule has 0 aromatic heterocycles. The Bertz CT molecular complexity index is 740. The average molecular weight is 282 g/mol. The van der Waals surface area contributed by atoms with Crippen LogP contribution in [0.3, 0.4) is 0 Å². The molecule has 0 saturated heterocycles. The van der Waals surface area contributed by atoms with E-state index in [9.17, 15) is 14.7 Å². The lowest BCUT2D eigenvalue weighted by Crippen LogP contribution is -2.26. The van der Waals surface area contributed by atoms with Crippen LogP contribution in [0.25, 0.3) is 0 Å². The highest BCUT2D eigenvalue weighted by Gasteiger charge is 2.20. The average Bonchev–Trinajstić information content (AvgIpc) is 2.84. The summed E-state index contributed by atoms with van der Waals surface area (Å²) in [4.78, 5) is 25.3. The van der Waals surface area contributed by atoms with Crippen molar-refractivity contribution in [2.24, 2.45) is 0 Å². The van der Waals surface area contributed by atoms with Gasteiger partial charge in [-0.05, 0) is 29.8 Å². The molecule has 3 rings (SSSR count). The van der Waals surface area contributed by atoms with Crippen molar-refractivity contribution in [3.05, 3.63) is 53.6 Å². The number of carbonyl (C=O) groups excluding carboxylic acids is 2. The fourth-order valence-electron chi connectivity index (χ4n) is 2.36. The molecule has 1 aliphatic heterocycles. The van der Waals surface area contributed by atoms with Crippen LogP contribution in [0, 0.1) is 0 Å². The maximum Gasteiger partial charge on any atom is 0.258 e. The first kappa shape index (κ1) is 13.2. The molecule has 2 aromatic carbocycles. The van der Waals surface area contributed by atoms with Crippen LogP contribution in [-0.4, -0.2) is 24.0 Å². The van der Waals surface area contributed by atoms with Gasteiger partial charge in [0.25, 0.3) is 5.91 Å². The summed E-state index contributed by atoms with van der Waals surface area (Å²) in [6, 6.07) is 11.7. The minimum atomic E-state index is -0.204. The first-order valence-corrected chi connectivity index (χ1v) is 6.54. The Labute approximate surface area is 121 Å². The lowest BCUT2D eigenvalue weighted by molar-refractivity contribution is -0.115. The lowest BCUT2D eigenvalue weighted by Gasteiger charge is -2.18. The smallest absolute Gasteiger partial charge is 0.258 e. The fraction of sp³-hybridized carbons (Fsp3) is 0.125. The molecular formula is C16H14N2O3.